The minimum Gasteiger partial charge on any atom is -0.347 e. The van der Waals surface area contributed by atoms with Crippen molar-refractivity contribution in [1.29, 1.82) is 0 Å². The molecule has 2 N–H and O–H groups in total. The van der Waals surface area contributed by atoms with Crippen LogP contribution in [0, 0.1) is 0 Å². The van der Waals surface area contributed by atoms with E-state index in [1.54, 1.807) is 0 Å². The number of hydrogen-bond donors (Lipinski definition) is 2. The summed E-state index contributed by atoms with van der Waals surface area (Å²) in [7, 11) is 0. The van der Waals surface area contributed by atoms with Gasteiger partial charge in [-0.2, -0.15) is 9.90 Å². The molecular formula is C14H17N5O. The maximum absolute atomic E-state index is 12.1. The quantitative estimate of drug-likeness (QED) is 0.864. The number of para-hydroxylation sites is 1. The van der Waals surface area contributed by atoms with E-state index in [9.17, 15) is 4.79 Å². The average Bonchev–Trinajstić information content (AvgIpc) is 2.99. The first-order valence-electron chi connectivity index (χ1n) is 6.82. The lowest BCUT2D eigenvalue weighted by atomic mass is 10.1. The van der Waals surface area contributed by atoms with E-state index >= 15 is 0 Å². The molecule has 0 bridgehead atoms. The van der Waals surface area contributed by atoms with Crippen LogP contribution in [0.2, 0.25) is 0 Å². The Bertz CT molecular complexity index is 574. The molecule has 0 saturated carbocycles. The lowest BCUT2D eigenvalue weighted by Gasteiger charge is -2.23. The van der Waals surface area contributed by atoms with Crippen molar-refractivity contribution in [2.75, 3.05) is 13.1 Å². The van der Waals surface area contributed by atoms with Gasteiger partial charge in [0, 0.05) is 12.6 Å². The van der Waals surface area contributed by atoms with Crippen LogP contribution < -0.4 is 10.6 Å². The second-order valence-electron chi connectivity index (χ2n) is 4.87. The summed E-state index contributed by atoms with van der Waals surface area (Å²) in [6.45, 7) is 1.84. The molecule has 1 amide bonds. The summed E-state index contributed by atoms with van der Waals surface area (Å²) in [5.74, 6) is -0.166. The molecular weight excluding hydrogens is 254 g/mol. The molecule has 0 unspecified atom stereocenters. The fraction of sp³-hybridized carbons (Fsp3) is 0.357. The van der Waals surface area contributed by atoms with Crippen LogP contribution in [-0.2, 0) is 0 Å². The molecule has 2 aromatic rings. The van der Waals surface area contributed by atoms with E-state index < -0.39 is 0 Å². The summed E-state index contributed by atoms with van der Waals surface area (Å²) in [5.41, 5.74) is 1.19. The third kappa shape index (κ3) is 2.85. The normalized spacial score (nSPS) is 18.7. The maximum atomic E-state index is 12.1. The zero-order valence-corrected chi connectivity index (χ0v) is 11.1. The van der Waals surface area contributed by atoms with Gasteiger partial charge in [-0.25, -0.2) is 0 Å². The molecule has 0 aliphatic carbocycles. The van der Waals surface area contributed by atoms with Crippen LogP contribution in [0.4, 0.5) is 0 Å². The Labute approximate surface area is 117 Å². The van der Waals surface area contributed by atoms with Gasteiger partial charge in [-0.15, -0.1) is 5.10 Å². The SMILES string of the molecule is O=C(N[C@@H]1CCCNC1)c1cnn(-c2ccccc2)n1. The molecule has 6 heteroatoms. The van der Waals surface area contributed by atoms with Gasteiger partial charge in [-0.1, -0.05) is 18.2 Å². The number of hydrogen-bond acceptors (Lipinski definition) is 4. The summed E-state index contributed by atoms with van der Waals surface area (Å²) in [5, 5.41) is 14.6. The summed E-state index contributed by atoms with van der Waals surface area (Å²) in [6.07, 6.45) is 3.59. The summed E-state index contributed by atoms with van der Waals surface area (Å²) in [6, 6.07) is 9.71. The molecule has 1 aliphatic heterocycles. The van der Waals surface area contributed by atoms with E-state index in [1.165, 1.54) is 11.0 Å². The standard InChI is InChI=1S/C14H17N5O/c20-14(17-11-5-4-8-15-9-11)13-10-16-19(18-13)12-6-2-1-3-7-12/h1-3,6-7,10-11,15H,4-5,8-9H2,(H,17,20)/t11-/m1/s1. The van der Waals surface area contributed by atoms with Crippen LogP contribution in [0.5, 0.6) is 0 Å². The largest absolute Gasteiger partial charge is 0.347 e. The lowest BCUT2D eigenvalue weighted by molar-refractivity contribution is 0.0925. The second kappa shape index (κ2) is 5.83. The first-order chi connectivity index (χ1) is 9.83. The highest BCUT2D eigenvalue weighted by Gasteiger charge is 2.18. The van der Waals surface area contributed by atoms with Crippen molar-refractivity contribution < 1.29 is 4.79 Å². The number of nitrogens with zero attached hydrogens (tertiary/aromatic N) is 3. The van der Waals surface area contributed by atoms with Crippen LogP contribution in [0.1, 0.15) is 23.3 Å². The predicted molar refractivity (Wildman–Crippen MR) is 74.7 cm³/mol. The highest BCUT2D eigenvalue weighted by atomic mass is 16.2. The Balaban J connectivity index is 1.68. The van der Waals surface area contributed by atoms with Crippen LogP contribution in [0.15, 0.2) is 36.5 Å². The number of carbonyl (C=O) groups is 1. The minimum atomic E-state index is -0.166. The first kappa shape index (κ1) is 12.8. The molecule has 1 aliphatic rings. The third-order valence-corrected chi connectivity index (χ3v) is 3.34. The summed E-state index contributed by atoms with van der Waals surface area (Å²) < 4.78 is 0. The van der Waals surface area contributed by atoms with Crippen molar-refractivity contribution in [3.8, 4) is 5.69 Å². The first-order valence-corrected chi connectivity index (χ1v) is 6.82. The van der Waals surface area contributed by atoms with Crippen LogP contribution in [0.3, 0.4) is 0 Å². The van der Waals surface area contributed by atoms with Crippen molar-refractivity contribution in [3.63, 3.8) is 0 Å². The maximum Gasteiger partial charge on any atom is 0.273 e. The Kier molecular flexibility index (Phi) is 3.73. The molecule has 2 heterocycles. The van der Waals surface area contributed by atoms with Gasteiger partial charge in [0.1, 0.15) is 0 Å². The van der Waals surface area contributed by atoms with Crippen molar-refractivity contribution in [3.05, 3.63) is 42.2 Å². The van der Waals surface area contributed by atoms with E-state index in [-0.39, 0.29) is 11.9 Å². The third-order valence-electron chi connectivity index (χ3n) is 3.34. The van der Waals surface area contributed by atoms with Crippen molar-refractivity contribution >= 4 is 5.91 Å². The average molecular weight is 271 g/mol. The molecule has 6 nitrogen and oxygen atoms in total. The molecule has 104 valence electrons. The van der Waals surface area contributed by atoms with Crippen molar-refractivity contribution in [2.45, 2.75) is 18.9 Å². The summed E-state index contributed by atoms with van der Waals surface area (Å²) in [4.78, 5) is 13.6. The number of amides is 1. The number of benzene rings is 1. The molecule has 1 saturated heterocycles. The number of aromatic nitrogens is 3. The van der Waals surface area contributed by atoms with E-state index in [4.69, 9.17) is 0 Å². The van der Waals surface area contributed by atoms with E-state index in [0.29, 0.717) is 5.69 Å². The number of carbonyl (C=O) groups excluding carboxylic acids is 1. The van der Waals surface area contributed by atoms with Crippen molar-refractivity contribution in [1.82, 2.24) is 25.6 Å². The van der Waals surface area contributed by atoms with E-state index in [1.807, 2.05) is 30.3 Å². The van der Waals surface area contributed by atoms with Gasteiger partial charge >= 0.3 is 0 Å². The van der Waals surface area contributed by atoms with Crippen molar-refractivity contribution in [2.24, 2.45) is 0 Å². The van der Waals surface area contributed by atoms with Crippen LogP contribution in [0.25, 0.3) is 5.69 Å². The van der Waals surface area contributed by atoms with Gasteiger partial charge in [-0.05, 0) is 31.5 Å². The van der Waals surface area contributed by atoms with E-state index in [2.05, 4.69) is 20.8 Å². The Morgan fingerprint density at radius 3 is 2.95 bits per heavy atom. The van der Waals surface area contributed by atoms with Gasteiger partial charge < -0.3 is 10.6 Å². The van der Waals surface area contributed by atoms with Crippen LogP contribution in [-0.4, -0.2) is 40.0 Å². The van der Waals surface area contributed by atoms with Gasteiger partial charge in [0.2, 0.25) is 0 Å². The number of piperidine rings is 1. The zero-order chi connectivity index (χ0) is 13.8. The highest BCUT2D eigenvalue weighted by Crippen LogP contribution is 2.06. The smallest absolute Gasteiger partial charge is 0.273 e. The van der Waals surface area contributed by atoms with Gasteiger partial charge in [-0.3, -0.25) is 4.79 Å². The minimum absolute atomic E-state index is 0.166. The molecule has 0 radical (unpaired) electrons. The lowest BCUT2D eigenvalue weighted by Crippen LogP contribution is -2.45. The Morgan fingerprint density at radius 1 is 1.35 bits per heavy atom. The van der Waals surface area contributed by atoms with Gasteiger partial charge in [0.25, 0.3) is 5.91 Å². The fourth-order valence-electron chi connectivity index (χ4n) is 2.29. The molecule has 1 aromatic carbocycles. The molecule has 20 heavy (non-hydrogen) atoms. The topological polar surface area (TPSA) is 71.8 Å². The molecule has 3 rings (SSSR count). The fourth-order valence-corrected chi connectivity index (χ4v) is 2.29. The van der Waals surface area contributed by atoms with Gasteiger partial charge in [0.15, 0.2) is 5.69 Å². The molecule has 1 aromatic heterocycles. The zero-order valence-electron chi connectivity index (χ0n) is 11.1. The monoisotopic (exact) mass is 271 g/mol. The molecule has 0 spiro atoms. The van der Waals surface area contributed by atoms with Crippen LogP contribution >= 0.6 is 0 Å². The van der Waals surface area contributed by atoms with Gasteiger partial charge in [0.05, 0.1) is 11.9 Å². The number of nitrogens with one attached hydrogen (secondary N) is 2. The predicted octanol–water partition coefficient (Wildman–Crippen LogP) is 0.749. The second-order valence-corrected chi connectivity index (χ2v) is 4.87. The molecule has 1 fully saturated rings. The Hall–Kier alpha value is -2.21. The Morgan fingerprint density at radius 2 is 2.20 bits per heavy atom. The molecule has 1 atom stereocenters. The highest BCUT2D eigenvalue weighted by molar-refractivity contribution is 5.92. The number of rotatable bonds is 3. The summed E-state index contributed by atoms with van der Waals surface area (Å²) >= 11 is 0. The van der Waals surface area contributed by atoms with E-state index in [0.717, 1.165) is 31.6 Å².